The Bertz CT molecular complexity index is 904. The molecule has 2 aromatic carbocycles. The van der Waals surface area contributed by atoms with Crippen LogP contribution in [-0.2, 0) is 9.59 Å². The Morgan fingerprint density at radius 2 is 1.70 bits per heavy atom. The number of hydrogen-bond donors (Lipinski definition) is 1. The molecule has 1 atom stereocenters. The van der Waals surface area contributed by atoms with Crippen LogP contribution in [0.3, 0.4) is 0 Å². The zero-order valence-corrected chi connectivity index (χ0v) is 16.8. The van der Waals surface area contributed by atoms with Crippen molar-refractivity contribution in [3.63, 3.8) is 0 Å². The Morgan fingerprint density at radius 3 is 2.47 bits per heavy atom. The molecular weight excluding hydrogens is 380 g/mol. The minimum Gasteiger partial charge on any atom is -0.486 e. The molecule has 0 radical (unpaired) electrons. The molecule has 0 aromatic heterocycles. The Hall–Kier alpha value is -3.28. The predicted molar refractivity (Wildman–Crippen MR) is 114 cm³/mol. The van der Waals surface area contributed by atoms with Gasteiger partial charge in [-0.05, 0) is 36.6 Å². The maximum Gasteiger partial charge on any atom is 0.246 e. The first kappa shape index (κ1) is 20.0. The van der Waals surface area contributed by atoms with Crippen LogP contribution >= 0.6 is 0 Å². The standard InChI is InChI=1S/C24H26N2O4/c27-23(11-10-18-6-2-1-3-7-18)26-14-12-19(13-15-26)24(28)25-16-20-17-29-21-8-4-5-9-22(21)30-20/h1-11,19-20H,12-17H2,(H,25,28)/b11-10+. The van der Waals surface area contributed by atoms with Crippen molar-refractivity contribution in [1.29, 1.82) is 0 Å². The molecule has 2 heterocycles. The molecule has 30 heavy (non-hydrogen) atoms. The lowest BCUT2D eigenvalue weighted by atomic mass is 9.95. The molecule has 0 bridgehead atoms. The van der Waals surface area contributed by atoms with Crippen LogP contribution in [0.15, 0.2) is 60.7 Å². The summed E-state index contributed by atoms with van der Waals surface area (Å²) < 4.78 is 11.6. The van der Waals surface area contributed by atoms with Gasteiger partial charge in [0.15, 0.2) is 11.5 Å². The summed E-state index contributed by atoms with van der Waals surface area (Å²) in [4.78, 5) is 26.7. The van der Waals surface area contributed by atoms with E-state index < -0.39 is 0 Å². The van der Waals surface area contributed by atoms with Gasteiger partial charge >= 0.3 is 0 Å². The summed E-state index contributed by atoms with van der Waals surface area (Å²) in [5.41, 5.74) is 0.997. The summed E-state index contributed by atoms with van der Waals surface area (Å²) >= 11 is 0. The number of carbonyl (C=O) groups excluding carboxylic acids is 2. The van der Waals surface area contributed by atoms with Crippen LogP contribution in [0.25, 0.3) is 6.08 Å². The molecule has 1 fully saturated rings. The first-order chi connectivity index (χ1) is 14.7. The van der Waals surface area contributed by atoms with Crippen LogP contribution in [-0.4, -0.2) is 49.1 Å². The van der Waals surface area contributed by atoms with Crippen LogP contribution < -0.4 is 14.8 Å². The molecule has 156 valence electrons. The Kier molecular flexibility index (Phi) is 6.32. The van der Waals surface area contributed by atoms with Gasteiger partial charge in [0, 0.05) is 25.1 Å². The van der Waals surface area contributed by atoms with E-state index >= 15 is 0 Å². The van der Waals surface area contributed by atoms with Gasteiger partial charge in [0.2, 0.25) is 11.8 Å². The molecule has 1 saturated heterocycles. The van der Waals surface area contributed by atoms with E-state index in [2.05, 4.69) is 5.32 Å². The SMILES string of the molecule is O=C(NCC1COc2ccccc2O1)C1CCN(C(=O)/C=C/c2ccccc2)CC1. The number of piperidine rings is 1. The van der Waals surface area contributed by atoms with Gasteiger partial charge in [-0.25, -0.2) is 0 Å². The number of rotatable bonds is 5. The molecule has 2 aliphatic rings. The van der Waals surface area contributed by atoms with E-state index in [0.717, 1.165) is 11.3 Å². The summed E-state index contributed by atoms with van der Waals surface area (Å²) in [5.74, 6) is 1.37. The van der Waals surface area contributed by atoms with E-state index in [1.54, 1.807) is 11.0 Å². The number of nitrogens with zero attached hydrogens (tertiary/aromatic N) is 1. The van der Waals surface area contributed by atoms with Crippen LogP contribution in [0, 0.1) is 5.92 Å². The second kappa shape index (κ2) is 9.48. The second-order valence-corrected chi connectivity index (χ2v) is 7.59. The lowest BCUT2D eigenvalue weighted by Gasteiger charge is -2.31. The molecule has 2 amide bonds. The highest BCUT2D eigenvalue weighted by Gasteiger charge is 2.28. The Balaban J connectivity index is 1.20. The highest BCUT2D eigenvalue weighted by molar-refractivity contribution is 5.92. The van der Waals surface area contributed by atoms with Gasteiger partial charge in [-0.3, -0.25) is 9.59 Å². The highest BCUT2D eigenvalue weighted by Crippen LogP contribution is 2.30. The van der Waals surface area contributed by atoms with Crippen LogP contribution in [0.5, 0.6) is 11.5 Å². The van der Waals surface area contributed by atoms with Gasteiger partial charge in [0.1, 0.15) is 12.7 Å². The van der Waals surface area contributed by atoms with Crippen molar-refractivity contribution in [3.05, 3.63) is 66.2 Å². The quantitative estimate of drug-likeness (QED) is 0.776. The average molecular weight is 406 g/mol. The lowest BCUT2D eigenvalue weighted by Crippen LogP contribution is -2.46. The maximum atomic E-state index is 12.5. The van der Waals surface area contributed by atoms with Gasteiger partial charge < -0.3 is 19.7 Å². The van der Waals surface area contributed by atoms with Crippen LogP contribution in [0.1, 0.15) is 18.4 Å². The van der Waals surface area contributed by atoms with Crippen molar-refractivity contribution in [1.82, 2.24) is 10.2 Å². The van der Waals surface area contributed by atoms with E-state index in [1.165, 1.54) is 0 Å². The van der Waals surface area contributed by atoms with E-state index in [4.69, 9.17) is 9.47 Å². The fourth-order valence-corrected chi connectivity index (χ4v) is 3.72. The number of benzene rings is 2. The highest BCUT2D eigenvalue weighted by atomic mass is 16.6. The number of hydrogen-bond acceptors (Lipinski definition) is 4. The van der Waals surface area contributed by atoms with E-state index in [-0.39, 0.29) is 23.8 Å². The van der Waals surface area contributed by atoms with E-state index in [1.807, 2.05) is 60.7 Å². The fraction of sp³-hybridized carbons (Fsp3) is 0.333. The number of nitrogens with one attached hydrogen (secondary N) is 1. The number of fused-ring (bicyclic) bond motifs is 1. The van der Waals surface area contributed by atoms with Gasteiger partial charge in [-0.15, -0.1) is 0 Å². The molecule has 0 saturated carbocycles. The maximum absolute atomic E-state index is 12.5. The van der Waals surface area contributed by atoms with Crippen molar-refractivity contribution in [2.24, 2.45) is 5.92 Å². The molecule has 0 aliphatic carbocycles. The van der Waals surface area contributed by atoms with Gasteiger partial charge in [0.25, 0.3) is 0 Å². The molecule has 0 spiro atoms. The minimum absolute atomic E-state index is 0.0101. The molecule has 4 rings (SSSR count). The summed E-state index contributed by atoms with van der Waals surface area (Å²) in [6.45, 7) is 2.00. The van der Waals surface area contributed by atoms with E-state index in [9.17, 15) is 9.59 Å². The summed E-state index contributed by atoms with van der Waals surface area (Å²) in [6, 6.07) is 17.3. The van der Waals surface area contributed by atoms with Gasteiger partial charge in [-0.1, -0.05) is 42.5 Å². The molecule has 6 heteroatoms. The summed E-state index contributed by atoms with van der Waals surface area (Å²) in [5, 5.41) is 2.98. The van der Waals surface area contributed by atoms with Gasteiger partial charge in [-0.2, -0.15) is 0 Å². The molecule has 6 nitrogen and oxygen atoms in total. The predicted octanol–water partition coefficient (Wildman–Crippen LogP) is 2.89. The average Bonchev–Trinajstić information content (AvgIpc) is 2.81. The van der Waals surface area contributed by atoms with Crippen molar-refractivity contribution in [3.8, 4) is 11.5 Å². The third-order valence-corrected chi connectivity index (χ3v) is 5.47. The third-order valence-electron chi connectivity index (χ3n) is 5.47. The third kappa shape index (κ3) is 5.00. The first-order valence-corrected chi connectivity index (χ1v) is 10.4. The number of likely N-dealkylation sites (tertiary alicyclic amines) is 1. The van der Waals surface area contributed by atoms with Crippen molar-refractivity contribution in [2.75, 3.05) is 26.2 Å². The topological polar surface area (TPSA) is 67.9 Å². The first-order valence-electron chi connectivity index (χ1n) is 10.4. The number of ether oxygens (including phenoxy) is 2. The Labute approximate surface area is 176 Å². The van der Waals surface area contributed by atoms with Crippen molar-refractivity contribution < 1.29 is 19.1 Å². The molecular formula is C24H26N2O4. The van der Waals surface area contributed by atoms with Crippen LogP contribution in [0.4, 0.5) is 0 Å². The monoisotopic (exact) mass is 406 g/mol. The Morgan fingerprint density at radius 1 is 1.00 bits per heavy atom. The van der Waals surface area contributed by atoms with Crippen molar-refractivity contribution in [2.45, 2.75) is 18.9 Å². The molecule has 2 aliphatic heterocycles. The normalized spacial score (nSPS) is 18.9. The number of para-hydroxylation sites is 2. The molecule has 1 unspecified atom stereocenters. The number of carbonyl (C=O) groups is 2. The summed E-state index contributed by atoms with van der Waals surface area (Å²) in [7, 11) is 0. The zero-order valence-electron chi connectivity index (χ0n) is 16.8. The smallest absolute Gasteiger partial charge is 0.246 e. The molecule has 1 N–H and O–H groups in total. The minimum atomic E-state index is -0.200. The zero-order chi connectivity index (χ0) is 20.8. The lowest BCUT2D eigenvalue weighted by molar-refractivity contribution is -0.132. The van der Waals surface area contributed by atoms with Gasteiger partial charge in [0.05, 0.1) is 6.54 Å². The largest absolute Gasteiger partial charge is 0.486 e. The summed E-state index contributed by atoms with van der Waals surface area (Å²) in [6.07, 6.45) is 4.57. The van der Waals surface area contributed by atoms with Crippen molar-refractivity contribution >= 4 is 17.9 Å². The number of amides is 2. The fourth-order valence-electron chi connectivity index (χ4n) is 3.72. The molecule has 2 aromatic rings. The van der Waals surface area contributed by atoms with Crippen LogP contribution in [0.2, 0.25) is 0 Å². The van der Waals surface area contributed by atoms with E-state index in [0.29, 0.717) is 44.8 Å². The second-order valence-electron chi connectivity index (χ2n) is 7.59.